The molecular weight excluding hydrogens is 349 g/mol. The first kappa shape index (κ1) is 18.9. The van der Waals surface area contributed by atoms with Gasteiger partial charge in [-0.1, -0.05) is 24.3 Å². The molecule has 142 valence electrons. The lowest BCUT2D eigenvalue weighted by atomic mass is 10.1. The van der Waals surface area contributed by atoms with Crippen LogP contribution in [0.25, 0.3) is 0 Å². The van der Waals surface area contributed by atoms with E-state index in [0.717, 1.165) is 24.2 Å². The number of carbonyl (C=O) groups excluding carboxylic acids is 2. The van der Waals surface area contributed by atoms with Gasteiger partial charge in [-0.3, -0.25) is 9.59 Å². The first-order valence-electron chi connectivity index (χ1n) is 9.02. The lowest BCUT2D eigenvalue weighted by Crippen LogP contribution is -2.33. The maximum Gasteiger partial charge on any atom is 0.311 e. The van der Waals surface area contributed by atoms with E-state index in [2.05, 4.69) is 5.32 Å². The van der Waals surface area contributed by atoms with Gasteiger partial charge < -0.3 is 14.8 Å². The number of ether oxygens (including phenoxy) is 2. The van der Waals surface area contributed by atoms with Crippen molar-refractivity contribution < 1.29 is 23.5 Å². The summed E-state index contributed by atoms with van der Waals surface area (Å²) in [4.78, 5) is 24.9. The summed E-state index contributed by atoms with van der Waals surface area (Å²) >= 11 is 0. The van der Waals surface area contributed by atoms with E-state index in [-0.39, 0.29) is 18.4 Å². The predicted octanol–water partition coefficient (Wildman–Crippen LogP) is 3.33. The van der Waals surface area contributed by atoms with Crippen molar-refractivity contribution in [3.05, 3.63) is 65.5 Å². The minimum atomic E-state index is -1.10. The smallest absolute Gasteiger partial charge is 0.311 e. The number of nitrogens with one attached hydrogen (secondary N) is 1. The highest BCUT2D eigenvalue weighted by Crippen LogP contribution is 2.24. The van der Waals surface area contributed by atoms with Gasteiger partial charge in [-0.05, 0) is 49.6 Å². The van der Waals surface area contributed by atoms with Crippen LogP contribution in [0.5, 0.6) is 5.75 Å². The third-order valence-corrected chi connectivity index (χ3v) is 4.17. The topological polar surface area (TPSA) is 64.6 Å². The average Bonchev–Trinajstić information content (AvgIpc) is 3.46. The molecule has 0 heterocycles. The predicted molar refractivity (Wildman–Crippen MR) is 97.7 cm³/mol. The normalized spacial score (nSPS) is 14.3. The summed E-state index contributed by atoms with van der Waals surface area (Å²) < 4.78 is 24.0. The molecule has 3 rings (SSSR count). The van der Waals surface area contributed by atoms with Crippen molar-refractivity contribution >= 4 is 11.9 Å². The van der Waals surface area contributed by atoms with Crippen LogP contribution < -0.4 is 10.1 Å². The number of amides is 1. The highest BCUT2D eigenvalue weighted by atomic mass is 19.1. The minimum absolute atomic E-state index is 0.0286. The molecule has 0 spiro atoms. The van der Waals surface area contributed by atoms with Gasteiger partial charge in [0.15, 0.2) is 0 Å². The first-order valence-corrected chi connectivity index (χ1v) is 9.02. The second-order valence-corrected chi connectivity index (χ2v) is 6.46. The van der Waals surface area contributed by atoms with Gasteiger partial charge in [0.1, 0.15) is 11.6 Å². The molecule has 2 aromatic carbocycles. The summed E-state index contributed by atoms with van der Waals surface area (Å²) in [5.74, 6) is -0.605. The van der Waals surface area contributed by atoms with E-state index >= 15 is 0 Å². The summed E-state index contributed by atoms with van der Waals surface area (Å²) in [7, 11) is 0. The van der Waals surface area contributed by atoms with Crippen LogP contribution in [-0.2, 0) is 20.7 Å². The van der Waals surface area contributed by atoms with Gasteiger partial charge in [0, 0.05) is 11.6 Å². The maximum atomic E-state index is 13.2. The van der Waals surface area contributed by atoms with Gasteiger partial charge in [-0.15, -0.1) is 0 Å². The van der Waals surface area contributed by atoms with Crippen molar-refractivity contribution in [3.8, 4) is 5.75 Å². The molecule has 1 fully saturated rings. The number of rotatable bonds is 8. The largest absolute Gasteiger partial charge is 0.494 e. The maximum absolute atomic E-state index is 13.2. The highest BCUT2D eigenvalue weighted by Gasteiger charge is 2.30. The van der Waals surface area contributed by atoms with Crippen molar-refractivity contribution in [3.63, 3.8) is 0 Å². The number of hydrogen-bond acceptors (Lipinski definition) is 4. The molecule has 1 N–H and O–H groups in total. The van der Waals surface area contributed by atoms with Crippen LogP contribution in [0, 0.1) is 5.82 Å². The second kappa shape index (κ2) is 8.66. The number of hydrogen-bond donors (Lipinski definition) is 1. The van der Waals surface area contributed by atoms with E-state index in [1.54, 1.807) is 24.3 Å². The zero-order valence-electron chi connectivity index (χ0n) is 15.1. The Morgan fingerprint density at radius 3 is 2.37 bits per heavy atom. The van der Waals surface area contributed by atoms with Crippen LogP contribution in [0.1, 0.15) is 37.0 Å². The Labute approximate surface area is 157 Å². The molecule has 1 atom stereocenters. The van der Waals surface area contributed by atoms with Crippen molar-refractivity contribution in [2.45, 2.75) is 38.3 Å². The van der Waals surface area contributed by atoms with Gasteiger partial charge in [0.05, 0.1) is 13.0 Å². The third-order valence-electron chi connectivity index (χ3n) is 4.17. The molecular formula is C21H22FNO4. The van der Waals surface area contributed by atoms with E-state index in [4.69, 9.17) is 9.47 Å². The van der Waals surface area contributed by atoms with Crippen LogP contribution in [-0.4, -0.2) is 24.5 Å². The van der Waals surface area contributed by atoms with Crippen LogP contribution in [0.15, 0.2) is 48.5 Å². The summed E-state index contributed by atoms with van der Waals surface area (Å²) in [6.07, 6.45) is 0.770. The fraction of sp³-hybridized carbons (Fsp3) is 0.333. The van der Waals surface area contributed by atoms with E-state index in [1.165, 1.54) is 24.3 Å². The lowest BCUT2D eigenvalue weighted by Gasteiger charge is -2.18. The Morgan fingerprint density at radius 1 is 1.11 bits per heavy atom. The number of benzene rings is 2. The van der Waals surface area contributed by atoms with E-state index in [9.17, 15) is 14.0 Å². The molecule has 1 saturated carbocycles. The summed E-state index contributed by atoms with van der Waals surface area (Å²) in [6.45, 7) is 2.46. The quantitative estimate of drug-likeness (QED) is 0.723. The highest BCUT2D eigenvalue weighted by molar-refractivity contribution is 5.85. The summed E-state index contributed by atoms with van der Waals surface area (Å²) in [6, 6.07) is 12.7. The molecule has 1 aliphatic carbocycles. The van der Waals surface area contributed by atoms with Crippen molar-refractivity contribution in [1.82, 2.24) is 5.32 Å². The Morgan fingerprint density at radius 2 is 1.78 bits per heavy atom. The Hall–Kier alpha value is -2.89. The zero-order valence-corrected chi connectivity index (χ0v) is 15.1. The molecule has 0 radical (unpaired) electrons. The van der Waals surface area contributed by atoms with Crippen molar-refractivity contribution in [2.75, 3.05) is 6.61 Å². The lowest BCUT2D eigenvalue weighted by molar-refractivity contribution is -0.156. The molecule has 0 aliphatic heterocycles. The molecule has 1 amide bonds. The SMILES string of the molecule is CCOc1ccc(CC(=O)OC(C(=O)NC2CC2)c2ccc(F)cc2)cc1. The molecule has 0 saturated heterocycles. The summed E-state index contributed by atoms with van der Waals surface area (Å²) in [5.41, 5.74) is 1.19. The Balaban J connectivity index is 1.67. The van der Waals surface area contributed by atoms with Gasteiger partial charge in [0.2, 0.25) is 6.10 Å². The molecule has 1 unspecified atom stereocenters. The molecule has 2 aromatic rings. The molecule has 5 nitrogen and oxygen atoms in total. The van der Waals surface area contributed by atoms with Gasteiger partial charge in [-0.25, -0.2) is 4.39 Å². The van der Waals surface area contributed by atoms with Crippen LogP contribution in [0.3, 0.4) is 0 Å². The molecule has 27 heavy (non-hydrogen) atoms. The van der Waals surface area contributed by atoms with E-state index in [0.29, 0.717) is 12.2 Å². The van der Waals surface area contributed by atoms with Crippen LogP contribution in [0.4, 0.5) is 4.39 Å². The number of carbonyl (C=O) groups is 2. The second-order valence-electron chi connectivity index (χ2n) is 6.46. The average molecular weight is 371 g/mol. The van der Waals surface area contributed by atoms with Gasteiger partial charge in [0.25, 0.3) is 5.91 Å². The first-order chi connectivity index (χ1) is 13.0. The number of esters is 1. The van der Waals surface area contributed by atoms with Gasteiger partial charge in [-0.2, -0.15) is 0 Å². The van der Waals surface area contributed by atoms with Crippen molar-refractivity contribution in [1.29, 1.82) is 0 Å². The van der Waals surface area contributed by atoms with Gasteiger partial charge >= 0.3 is 5.97 Å². The Kier molecular flexibility index (Phi) is 6.06. The van der Waals surface area contributed by atoms with Crippen LogP contribution >= 0.6 is 0 Å². The van der Waals surface area contributed by atoms with E-state index < -0.39 is 17.9 Å². The minimum Gasteiger partial charge on any atom is -0.494 e. The monoisotopic (exact) mass is 371 g/mol. The zero-order chi connectivity index (χ0) is 19.2. The summed E-state index contributed by atoms with van der Waals surface area (Å²) in [5, 5.41) is 2.83. The Bertz CT molecular complexity index is 785. The molecule has 0 aromatic heterocycles. The fourth-order valence-corrected chi connectivity index (χ4v) is 2.63. The third kappa shape index (κ3) is 5.54. The fourth-order valence-electron chi connectivity index (χ4n) is 2.63. The molecule has 6 heteroatoms. The standard InChI is InChI=1S/C21H22FNO4/c1-2-26-18-11-3-14(4-12-18)13-19(24)27-20(21(25)23-17-9-10-17)15-5-7-16(22)8-6-15/h3-8,11-12,17,20H,2,9-10,13H2,1H3,(H,23,25). The molecule has 1 aliphatic rings. The van der Waals surface area contributed by atoms with Crippen molar-refractivity contribution in [2.24, 2.45) is 0 Å². The molecule has 0 bridgehead atoms. The van der Waals surface area contributed by atoms with Crippen LogP contribution in [0.2, 0.25) is 0 Å². The number of halogens is 1. The van der Waals surface area contributed by atoms with E-state index in [1.807, 2.05) is 6.92 Å².